The number of benzene rings is 2. The molecule has 1 atom stereocenters. The number of carboxylic acids is 1. The van der Waals surface area contributed by atoms with E-state index >= 15 is 0 Å². The first-order chi connectivity index (χ1) is 11.4. The molecule has 0 saturated carbocycles. The summed E-state index contributed by atoms with van der Waals surface area (Å²) in [7, 11) is 0. The Labute approximate surface area is 141 Å². The fourth-order valence-electron chi connectivity index (χ4n) is 2.32. The molecule has 2 aromatic carbocycles. The normalized spacial score (nSPS) is 11.6. The van der Waals surface area contributed by atoms with Crippen molar-refractivity contribution < 1.29 is 19.4 Å². The molecule has 5 heteroatoms. The number of hydrogen-bond acceptors (Lipinski definition) is 3. The van der Waals surface area contributed by atoms with Crippen molar-refractivity contribution >= 4 is 11.9 Å². The highest BCUT2D eigenvalue weighted by Gasteiger charge is 2.13. The molecule has 2 rings (SSSR count). The van der Waals surface area contributed by atoms with Crippen LogP contribution in [0, 0.1) is 6.92 Å². The number of carbonyl (C=O) groups excluding carboxylic acids is 1. The largest absolute Gasteiger partial charge is 0.489 e. The average molecular weight is 327 g/mol. The molecular weight excluding hydrogens is 306 g/mol. The average Bonchev–Trinajstić information content (AvgIpc) is 2.52. The fourth-order valence-corrected chi connectivity index (χ4v) is 2.32. The second-order valence-electron chi connectivity index (χ2n) is 5.78. The Morgan fingerprint density at radius 2 is 1.92 bits per heavy atom. The summed E-state index contributed by atoms with van der Waals surface area (Å²) in [6.45, 7) is 4.10. The van der Waals surface area contributed by atoms with Gasteiger partial charge in [0.05, 0.1) is 6.42 Å². The number of carboxylic acid groups (broad SMARTS) is 1. The summed E-state index contributed by atoms with van der Waals surface area (Å²) in [5.41, 5.74) is 2.66. The molecular formula is C19H21NO4. The highest BCUT2D eigenvalue weighted by Crippen LogP contribution is 2.16. The summed E-state index contributed by atoms with van der Waals surface area (Å²) in [5, 5.41) is 11.4. The van der Waals surface area contributed by atoms with Gasteiger partial charge in [-0.15, -0.1) is 0 Å². The van der Waals surface area contributed by atoms with Crippen molar-refractivity contribution in [2.45, 2.75) is 32.9 Å². The molecule has 24 heavy (non-hydrogen) atoms. The SMILES string of the molecule is Cc1cccc(COc2cccc(C(=O)NC(C)CC(=O)O)c2)c1. The topological polar surface area (TPSA) is 75.6 Å². The molecule has 0 heterocycles. The molecule has 0 fully saturated rings. The Hall–Kier alpha value is -2.82. The van der Waals surface area contributed by atoms with E-state index in [0.29, 0.717) is 17.9 Å². The maximum Gasteiger partial charge on any atom is 0.305 e. The number of rotatable bonds is 7. The van der Waals surface area contributed by atoms with Gasteiger partial charge in [0.1, 0.15) is 12.4 Å². The molecule has 0 radical (unpaired) electrons. The molecule has 2 N–H and O–H groups in total. The lowest BCUT2D eigenvalue weighted by Gasteiger charge is -2.12. The lowest BCUT2D eigenvalue weighted by atomic mass is 10.1. The van der Waals surface area contributed by atoms with Crippen molar-refractivity contribution in [3.63, 3.8) is 0 Å². The quantitative estimate of drug-likeness (QED) is 0.819. The first kappa shape index (κ1) is 17.5. The highest BCUT2D eigenvalue weighted by molar-refractivity contribution is 5.94. The smallest absolute Gasteiger partial charge is 0.305 e. The van der Waals surface area contributed by atoms with Crippen LogP contribution in [-0.2, 0) is 11.4 Å². The molecule has 2 aromatic rings. The van der Waals surface area contributed by atoms with E-state index in [4.69, 9.17) is 9.84 Å². The van der Waals surface area contributed by atoms with E-state index in [0.717, 1.165) is 11.1 Å². The maximum atomic E-state index is 12.1. The van der Waals surface area contributed by atoms with Crippen LogP contribution in [0.15, 0.2) is 48.5 Å². The standard InChI is InChI=1S/C19H21NO4/c1-13-5-3-6-15(9-13)12-24-17-8-4-7-16(11-17)19(23)20-14(2)10-18(21)22/h3-9,11,14H,10,12H2,1-2H3,(H,20,23)(H,21,22). The van der Waals surface area contributed by atoms with Crippen molar-refractivity contribution in [2.75, 3.05) is 0 Å². The first-order valence-electron chi connectivity index (χ1n) is 7.75. The van der Waals surface area contributed by atoms with E-state index in [1.165, 1.54) is 0 Å². The van der Waals surface area contributed by atoms with Gasteiger partial charge in [0, 0.05) is 11.6 Å². The molecule has 0 aromatic heterocycles. The van der Waals surface area contributed by atoms with Gasteiger partial charge < -0.3 is 15.2 Å². The predicted octanol–water partition coefficient (Wildman–Crippen LogP) is 3.17. The van der Waals surface area contributed by atoms with Crippen molar-refractivity contribution in [3.8, 4) is 5.75 Å². The molecule has 126 valence electrons. The van der Waals surface area contributed by atoms with Crippen molar-refractivity contribution in [1.29, 1.82) is 0 Å². The van der Waals surface area contributed by atoms with Crippen LogP contribution in [-0.4, -0.2) is 23.0 Å². The van der Waals surface area contributed by atoms with Gasteiger partial charge in [-0.3, -0.25) is 9.59 Å². The monoisotopic (exact) mass is 327 g/mol. The number of aliphatic carboxylic acids is 1. The number of nitrogens with one attached hydrogen (secondary N) is 1. The van der Waals surface area contributed by atoms with E-state index in [1.807, 2.05) is 31.2 Å². The van der Waals surface area contributed by atoms with Gasteiger partial charge in [-0.25, -0.2) is 0 Å². The Bertz CT molecular complexity index is 727. The first-order valence-corrected chi connectivity index (χ1v) is 7.75. The predicted molar refractivity (Wildman–Crippen MR) is 91.1 cm³/mol. The van der Waals surface area contributed by atoms with Gasteiger partial charge in [-0.05, 0) is 37.6 Å². The molecule has 0 aliphatic heterocycles. The Balaban J connectivity index is 1.97. The van der Waals surface area contributed by atoms with Gasteiger partial charge in [0.25, 0.3) is 5.91 Å². The summed E-state index contributed by atoms with van der Waals surface area (Å²) in [6.07, 6.45) is -0.116. The van der Waals surface area contributed by atoms with Crippen molar-refractivity contribution in [3.05, 3.63) is 65.2 Å². The molecule has 1 amide bonds. The molecule has 0 aliphatic carbocycles. The molecule has 0 aliphatic rings. The van der Waals surface area contributed by atoms with Crippen molar-refractivity contribution in [1.82, 2.24) is 5.32 Å². The van der Waals surface area contributed by atoms with Crippen LogP contribution in [0.5, 0.6) is 5.75 Å². The number of hydrogen-bond donors (Lipinski definition) is 2. The van der Waals surface area contributed by atoms with Gasteiger partial charge in [0.2, 0.25) is 0 Å². The lowest BCUT2D eigenvalue weighted by molar-refractivity contribution is -0.137. The van der Waals surface area contributed by atoms with E-state index in [-0.39, 0.29) is 12.3 Å². The van der Waals surface area contributed by atoms with E-state index < -0.39 is 12.0 Å². The summed E-state index contributed by atoms with van der Waals surface area (Å²) < 4.78 is 5.73. The van der Waals surface area contributed by atoms with Crippen LogP contribution >= 0.6 is 0 Å². The van der Waals surface area contributed by atoms with Gasteiger partial charge in [-0.1, -0.05) is 35.9 Å². The summed E-state index contributed by atoms with van der Waals surface area (Å²) in [4.78, 5) is 22.8. The second kappa shape index (κ2) is 8.15. The van der Waals surface area contributed by atoms with E-state index in [1.54, 1.807) is 31.2 Å². The second-order valence-corrected chi connectivity index (χ2v) is 5.78. The van der Waals surface area contributed by atoms with E-state index in [2.05, 4.69) is 5.32 Å². The van der Waals surface area contributed by atoms with Gasteiger partial charge in [0.15, 0.2) is 0 Å². The molecule has 1 unspecified atom stereocenters. The van der Waals surface area contributed by atoms with Gasteiger partial charge in [-0.2, -0.15) is 0 Å². The summed E-state index contributed by atoms with van der Waals surface area (Å²) in [5.74, 6) is -0.669. The number of amides is 1. The number of aryl methyl sites for hydroxylation is 1. The van der Waals surface area contributed by atoms with Crippen LogP contribution in [0.3, 0.4) is 0 Å². The van der Waals surface area contributed by atoms with Crippen LogP contribution in [0.4, 0.5) is 0 Å². The van der Waals surface area contributed by atoms with Crippen LogP contribution in [0.1, 0.15) is 34.8 Å². The third-order valence-electron chi connectivity index (χ3n) is 3.44. The van der Waals surface area contributed by atoms with Gasteiger partial charge >= 0.3 is 5.97 Å². The van der Waals surface area contributed by atoms with Crippen LogP contribution in [0.25, 0.3) is 0 Å². The fraction of sp³-hybridized carbons (Fsp3) is 0.263. The molecule has 0 bridgehead atoms. The third-order valence-corrected chi connectivity index (χ3v) is 3.44. The van der Waals surface area contributed by atoms with Crippen LogP contribution in [0.2, 0.25) is 0 Å². The zero-order valence-electron chi connectivity index (χ0n) is 13.8. The third kappa shape index (κ3) is 5.43. The summed E-state index contributed by atoms with van der Waals surface area (Å²) in [6, 6.07) is 14.4. The minimum Gasteiger partial charge on any atom is -0.489 e. The Morgan fingerprint density at radius 1 is 1.17 bits per heavy atom. The highest BCUT2D eigenvalue weighted by atomic mass is 16.5. The Kier molecular flexibility index (Phi) is 5.95. The van der Waals surface area contributed by atoms with E-state index in [9.17, 15) is 9.59 Å². The minimum atomic E-state index is -0.946. The zero-order chi connectivity index (χ0) is 17.5. The number of ether oxygens (including phenoxy) is 1. The Morgan fingerprint density at radius 3 is 2.62 bits per heavy atom. The van der Waals surface area contributed by atoms with Crippen LogP contribution < -0.4 is 10.1 Å². The zero-order valence-corrected chi connectivity index (χ0v) is 13.8. The van der Waals surface area contributed by atoms with Crippen molar-refractivity contribution in [2.24, 2.45) is 0 Å². The molecule has 0 saturated heterocycles. The lowest BCUT2D eigenvalue weighted by Crippen LogP contribution is -2.34. The maximum absolute atomic E-state index is 12.1. The summed E-state index contributed by atoms with van der Waals surface area (Å²) >= 11 is 0. The molecule has 5 nitrogen and oxygen atoms in total. The minimum absolute atomic E-state index is 0.116. The number of carbonyl (C=O) groups is 2. The molecule has 0 spiro atoms.